The first-order chi connectivity index (χ1) is 8.31. The average Bonchev–Trinajstić information content (AvgIpc) is 2.31. The van der Waals surface area contributed by atoms with Crippen molar-refractivity contribution in [2.24, 2.45) is 16.3 Å². The van der Waals surface area contributed by atoms with Gasteiger partial charge in [0, 0.05) is 11.5 Å². The highest BCUT2D eigenvalue weighted by atomic mass is 16.4. The molecule has 0 aliphatic heterocycles. The van der Waals surface area contributed by atoms with Gasteiger partial charge in [-0.1, -0.05) is 19.0 Å². The molecule has 0 aromatic carbocycles. The number of rotatable bonds is 9. The molecule has 0 radical (unpaired) electrons. The van der Waals surface area contributed by atoms with Crippen LogP contribution >= 0.6 is 0 Å². The van der Waals surface area contributed by atoms with Crippen LogP contribution in [-0.2, 0) is 0 Å². The normalized spacial score (nSPS) is 13.6. The lowest BCUT2D eigenvalue weighted by molar-refractivity contribution is 0.268. The molecule has 18 heavy (non-hydrogen) atoms. The van der Waals surface area contributed by atoms with Crippen molar-refractivity contribution in [2.45, 2.75) is 46.6 Å². The van der Waals surface area contributed by atoms with E-state index in [1.54, 1.807) is 0 Å². The minimum absolute atomic E-state index is 0.253. The maximum atomic E-state index is 8.66. The first kappa shape index (κ1) is 17.2. The molecule has 108 valence electrons. The van der Waals surface area contributed by atoms with Gasteiger partial charge >= 0.3 is 0 Å². The van der Waals surface area contributed by atoms with Gasteiger partial charge in [0.05, 0.1) is 0 Å². The Labute approximate surface area is 111 Å². The number of nitrogens with zero attached hydrogens (tertiary/aromatic N) is 2. The van der Waals surface area contributed by atoms with Crippen LogP contribution in [-0.4, -0.2) is 48.7 Å². The van der Waals surface area contributed by atoms with Gasteiger partial charge in [-0.15, -0.1) is 0 Å². The van der Waals surface area contributed by atoms with E-state index in [1.165, 1.54) is 0 Å². The van der Waals surface area contributed by atoms with Gasteiger partial charge in [-0.25, -0.2) is 0 Å². The van der Waals surface area contributed by atoms with Crippen LogP contribution in [0.1, 0.15) is 40.5 Å². The highest BCUT2D eigenvalue weighted by Crippen LogP contribution is 2.19. The molecule has 0 saturated heterocycles. The summed E-state index contributed by atoms with van der Waals surface area (Å²) in [5.74, 6) is 0.295. The van der Waals surface area contributed by atoms with Crippen molar-refractivity contribution in [3.05, 3.63) is 0 Å². The number of amidine groups is 1. The molecule has 0 bridgehead atoms. The van der Waals surface area contributed by atoms with E-state index in [0.717, 1.165) is 32.5 Å². The van der Waals surface area contributed by atoms with E-state index < -0.39 is 0 Å². The Bertz CT molecular complexity index is 251. The fourth-order valence-corrected chi connectivity index (χ4v) is 1.50. The zero-order valence-corrected chi connectivity index (χ0v) is 12.5. The van der Waals surface area contributed by atoms with Gasteiger partial charge in [0.2, 0.25) is 0 Å². The number of hydrogen-bond donors (Lipinski definition) is 3. The Kier molecular flexibility index (Phi) is 7.95. The lowest BCUT2D eigenvalue weighted by Gasteiger charge is -2.23. The number of hydrogen-bond acceptors (Lipinski definition) is 4. The molecule has 0 aliphatic carbocycles. The minimum atomic E-state index is -0.253. The van der Waals surface area contributed by atoms with Crippen molar-refractivity contribution in [1.29, 1.82) is 0 Å². The fraction of sp³-hybridized carbons (Fsp3) is 0.923. The summed E-state index contributed by atoms with van der Waals surface area (Å²) in [5.41, 5.74) is 5.38. The molecule has 0 rings (SSSR count). The van der Waals surface area contributed by atoms with E-state index in [0.29, 0.717) is 11.9 Å². The summed E-state index contributed by atoms with van der Waals surface area (Å²) < 4.78 is 0. The molecule has 0 unspecified atom stereocenters. The third kappa shape index (κ3) is 6.81. The predicted molar refractivity (Wildman–Crippen MR) is 77.1 cm³/mol. The summed E-state index contributed by atoms with van der Waals surface area (Å²) in [4.78, 5) is 2.34. The minimum Gasteiger partial charge on any atom is -0.409 e. The zero-order chi connectivity index (χ0) is 14.2. The van der Waals surface area contributed by atoms with Gasteiger partial charge < -0.3 is 21.2 Å². The summed E-state index contributed by atoms with van der Waals surface area (Å²) in [6, 6.07) is 0.601. The Balaban J connectivity index is 3.63. The Morgan fingerprint density at radius 3 is 2.50 bits per heavy atom. The van der Waals surface area contributed by atoms with Crippen LogP contribution in [0.3, 0.4) is 0 Å². The predicted octanol–water partition coefficient (Wildman–Crippen LogP) is 1.47. The van der Waals surface area contributed by atoms with Crippen molar-refractivity contribution in [2.75, 3.05) is 26.7 Å². The molecule has 0 aliphatic rings. The van der Waals surface area contributed by atoms with Gasteiger partial charge in [0.15, 0.2) is 0 Å². The molecular weight excluding hydrogens is 228 g/mol. The van der Waals surface area contributed by atoms with Crippen LogP contribution in [0.25, 0.3) is 0 Å². The molecular formula is C13H30N4O. The monoisotopic (exact) mass is 258 g/mol. The molecule has 0 fully saturated rings. The van der Waals surface area contributed by atoms with Crippen molar-refractivity contribution in [3.8, 4) is 0 Å². The third-order valence-corrected chi connectivity index (χ3v) is 3.47. The van der Waals surface area contributed by atoms with E-state index >= 15 is 0 Å². The fourth-order valence-electron chi connectivity index (χ4n) is 1.50. The van der Waals surface area contributed by atoms with Crippen LogP contribution in [0.4, 0.5) is 0 Å². The first-order valence-electron chi connectivity index (χ1n) is 6.70. The standard InChI is InChI=1S/C13H30N4O/c1-11(2)17(5)10-6-8-15-9-7-13(3,4)12(14)16-18/h11,15,18H,6-10H2,1-5H3,(H2,14,16). The average molecular weight is 258 g/mol. The lowest BCUT2D eigenvalue weighted by atomic mass is 9.88. The van der Waals surface area contributed by atoms with Crippen LogP contribution in [0.2, 0.25) is 0 Å². The largest absolute Gasteiger partial charge is 0.409 e. The Hall–Kier alpha value is -0.810. The summed E-state index contributed by atoms with van der Waals surface area (Å²) >= 11 is 0. The summed E-state index contributed by atoms with van der Waals surface area (Å²) in [7, 11) is 2.15. The topological polar surface area (TPSA) is 73.9 Å². The molecule has 0 heterocycles. The van der Waals surface area contributed by atoms with E-state index in [-0.39, 0.29) is 5.41 Å². The first-order valence-corrected chi connectivity index (χ1v) is 6.70. The van der Waals surface area contributed by atoms with Crippen LogP contribution < -0.4 is 11.1 Å². The van der Waals surface area contributed by atoms with Gasteiger partial charge in [-0.05, 0) is 53.4 Å². The molecule has 0 atom stereocenters. The molecule has 4 N–H and O–H groups in total. The Morgan fingerprint density at radius 1 is 1.39 bits per heavy atom. The molecule has 0 amide bonds. The van der Waals surface area contributed by atoms with Gasteiger partial charge in [-0.2, -0.15) is 0 Å². The second-order valence-electron chi connectivity index (χ2n) is 5.80. The molecule has 0 aromatic heterocycles. The maximum absolute atomic E-state index is 8.66. The second kappa shape index (κ2) is 8.32. The van der Waals surface area contributed by atoms with Crippen molar-refractivity contribution < 1.29 is 5.21 Å². The van der Waals surface area contributed by atoms with Crippen molar-refractivity contribution in [3.63, 3.8) is 0 Å². The Morgan fingerprint density at radius 2 is 2.00 bits per heavy atom. The van der Waals surface area contributed by atoms with E-state index in [1.807, 2.05) is 13.8 Å². The quantitative estimate of drug-likeness (QED) is 0.192. The SMILES string of the molecule is CC(C)N(C)CCCNCCC(C)(C)C(N)=NO. The van der Waals surface area contributed by atoms with Crippen LogP contribution in [0.5, 0.6) is 0 Å². The summed E-state index contributed by atoms with van der Waals surface area (Å²) in [5, 5.41) is 15.1. The van der Waals surface area contributed by atoms with Gasteiger partial charge in [0.1, 0.15) is 5.84 Å². The summed E-state index contributed by atoms with van der Waals surface area (Å²) in [6.07, 6.45) is 2.00. The van der Waals surface area contributed by atoms with Crippen molar-refractivity contribution >= 4 is 5.84 Å². The highest BCUT2D eigenvalue weighted by molar-refractivity contribution is 5.85. The van der Waals surface area contributed by atoms with Crippen LogP contribution in [0.15, 0.2) is 5.16 Å². The third-order valence-electron chi connectivity index (χ3n) is 3.47. The number of nitrogens with one attached hydrogen (secondary N) is 1. The van der Waals surface area contributed by atoms with E-state index in [4.69, 9.17) is 10.9 Å². The van der Waals surface area contributed by atoms with Crippen LogP contribution in [0, 0.1) is 5.41 Å². The van der Waals surface area contributed by atoms with E-state index in [2.05, 4.69) is 36.3 Å². The molecule has 5 nitrogen and oxygen atoms in total. The van der Waals surface area contributed by atoms with Gasteiger partial charge in [0.25, 0.3) is 0 Å². The number of oxime groups is 1. The van der Waals surface area contributed by atoms with E-state index in [9.17, 15) is 0 Å². The maximum Gasteiger partial charge on any atom is 0.144 e. The van der Waals surface area contributed by atoms with Gasteiger partial charge in [-0.3, -0.25) is 0 Å². The summed E-state index contributed by atoms with van der Waals surface area (Å²) in [6.45, 7) is 11.4. The number of nitrogens with two attached hydrogens (primary N) is 1. The highest BCUT2D eigenvalue weighted by Gasteiger charge is 2.22. The smallest absolute Gasteiger partial charge is 0.144 e. The molecule has 0 spiro atoms. The zero-order valence-electron chi connectivity index (χ0n) is 12.5. The lowest BCUT2D eigenvalue weighted by Crippen LogP contribution is -2.35. The second-order valence-corrected chi connectivity index (χ2v) is 5.80. The molecule has 5 heteroatoms. The van der Waals surface area contributed by atoms with Crippen molar-refractivity contribution in [1.82, 2.24) is 10.2 Å². The molecule has 0 saturated carbocycles. The molecule has 0 aromatic rings.